The summed E-state index contributed by atoms with van der Waals surface area (Å²) in [7, 11) is 0. The molecule has 1 saturated heterocycles. The van der Waals surface area contributed by atoms with Crippen molar-refractivity contribution in [3.8, 4) is 0 Å². The van der Waals surface area contributed by atoms with Crippen LogP contribution in [0.1, 0.15) is 40.0 Å². The quantitative estimate of drug-likeness (QED) is 0.608. The maximum absolute atomic E-state index is 5.20. The van der Waals surface area contributed by atoms with E-state index in [0.717, 1.165) is 19.1 Å². The van der Waals surface area contributed by atoms with E-state index in [4.69, 9.17) is 4.74 Å². The molecule has 0 radical (unpaired) electrons. The van der Waals surface area contributed by atoms with Crippen molar-refractivity contribution in [3.05, 3.63) is 0 Å². The minimum atomic E-state index is 0.522. The van der Waals surface area contributed by atoms with Crippen LogP contribution in [0.2, 0.25) is 0 Å². The van der Waals surface area contributed by atoms with E-state index in [1.807, 2.05) is 0 Å². The molecule has 66 valence electrons. The van der Waals surface area contributed by atoms with Gasteiger partial charge in [0.15, 0.2) is 0 Å². The van der Waals surface area contributed by atoms with Crippen molar-refractivity contribution in [3.63, 3.8) is 0 Å². The third-order valence-electron chi connectivity index (χ3n) is 2.92. The fourth-order valence-electron chi connectivity index (χ4n) is 1.52. The van der Waals surface area contributed by atoms with E-state index >= 15 is 0 Å². The lowest BCUT2D eigenvalue weighted by Gasteiger charge is -2.40. The van der Waals surface area contributed by atoms with Crippen LogP contribution in [0.25, 0.3) is 0 Å². The van der Waals surface area contributed by atoms with Crippen LogP contribution in [0.5, 0.6) is 0 Å². The molecular formula is C10H20O. The van der Waals surface area contributed by atoms with Gasteiger partial charge in [-0.15, -0.1) is 0 Å². The second-order valence-corrected chi connectivity index (χ2v) is 4.33. The van der Waals surface area contributed by atoms with Crippen LogP contribution < -0.4 is 0 Å². The molecule has 0 aromatic carbocycles. The lowest BCUT2D eigenvalue weighted by molar-refractivity contribution is -0.0906. The third-order valence-corrected chi connectivity index (χ3v) is 2.92. The van der Waals surface area contributed by atoms with Gasteiger partial charge < -0.3 is 4.74 Å². The van der Waals surface area contributed by atoms with E-state index in [-0.39, 0.29) is 0 Å². The summed E-state index contributed by atoms with van der Waals surface area (Å²) in [5.74, 6) is 0.828. The molecule has 0 atom stereocenters. The summed E-state index contributed by atoms with van der Waals surface area (Å²) in [6.45, 7) is 8.99. The van der Waals surface area contributed by atoms with E-state index in [9.17, 15) is 0 Å². The summed E-state index contributed by atoms with van der Waals surface area (Å²) in [5, 5.41) is 0. The van der Waals surface area contributed by atoms with E-state index in [1.54, 1.807) is 0 Å². The molecule has 1 aliphatic rings. The number of unbranched alkanes of at least 4 members (excludes halogenated alkanes) is 1. The first-order chi connectivity index (χ1) is 5.17. The topological polar surface area (TPSA) is 9.23 Å². The molecule has 1 heteroatoms. The second-order valence-electron chi connectivity index (χ2n) is 4.33. The van der Waals surface area contributed by atoms with Crippen LogP contribution in [0.15, 0.2) is 0 Å². The highest BCUT2D eigenvalue weighted by Gasteiger charge is 2.34. The molecule has 0 aromatic heterocycles. The third kappa shape index (κ3) is 2.19. The second kappa shape index (κ2) is 3.57. The van der Waals surface area contributed by atoms with Crippen molar-refractivity contribution < 1.29 is 4.74 Å². The average molecular weight is 156 g/mol. The van der Waals surface area contributed by atoms with Gasteiger partial charge in [0, 0.05) is 5.92 Å². The summed E-state index contributed by atoms with van der Waals surface area (Å²) in [4.78, 5) is 0. The minimum absolute atomic E-state index is 0.522. The Morgan fingerprint density at radius 1 is 1.36 bits per heavy atom. The van der Waals surface area contributed by atoms with Crippen molar-refractivity contribution in [2.24, 2.45) is 11.3 Å². The van der Waals surface area contributed by atoms with Gasteiger partial charge in [0.2, 0.25) is 0 Å². The molecule has 0 unspecified atom stereocenters. The van der Waals surface area contributed by atoms with Gasteiger partial charge in [-0.25, -0.2) is 0 Å². The van der Waals surface area contributed by atoms with Gasteiger partial charge >= 0.3 is 0 Å². The first-order valence-electron chi connectivity index (χ1n) is 4.74. The Kier molecular flexibility index (Phi) is 2.94. The van der Waals surface area contributed by atoms with Crippen molar-refractivity contribution >= 4 is 0 Å². The molecule has 1 fully saturated rings. The van der Waals surface area contributed by atoms with Gasteiger partial charge in [-0.2, -0.15) is 0 Å². The Morgan fingerprint density at radius 3 is 2.36 bits per heavy atom. The SMILES string of the molecule is CCCCC(C)(C)C1COC1. The number of hydrogen-bond acceptors (Lipinski definition) is 1. The number of hydrogen-bond donors (Lipinski definition) is 0. The molecule has 0 bridgehead atoms. The van der Waals surface area contributed by atoms with Crippen LogP contribution >= 0.6 is 0 Å². The standard InChI is InChI=1S/C10H20O/c1-4-5-6-10(2,3)9-7-11-8-9/h9H,4-8H2,1-3H3. The van der Waals surface area contributed by atoms with Crippen molar-refractivity contribution in [1.82, 2.24) is 0 Å². The largest absolute Gasteiger partial charge is 0.381 e. The summed E-state index contributed by atoms with van der Waals surface area (Å²) < 4.78 is 5.20. The van der Waals surface area contributed by atoms with Crippen LogP contribution in [0, 0.1) is 11.3 Å². The van der Waals surface area contributed by atoms with Crippen molar-refractivity contribution in [1.29, 1.82) is 0 Å². The Morgan fingerprint density at radius 2 is 2.00 bits per heavy atom. The van der Waals surface area contributed by atoms with Gasteiger partial charge in [0.25, 0.3) is 0 Å². The summed E-state index contributed by atoms with van der Waals surface area (Å²) in [6, 6.07) is 0. The molecule has 1 rings (SSSR count). The molecule has 1 heterocycles. The van der Waals surface area contributed by atoms with Crippen molar-refractivity contribution in [2.75, 3.05) is 13.2 Å². The van der Waals surface area contributed by atoms with Crippen LogP contribution in [0.3, 0.4) is 0 Å². The van der Waals surface area contributed by atoms with Gasteiger partial charge in [0.05, 0.1) is 13.2 Å². The van der Waals surface area contributed by atoms with Crippen LogP contribution in [0.4, 0.5) is 0 Å². The predicted octanol–water partition coefficient (Wildman–Crippen LogP) is 2.85. The van der Waals surface area contributed by atoms with Crippen LogP contribution in [-0.2, 0) is 4.74 Å². The zero-order chi connectivity index (χ0) is 8.32. The molecular weight excluding hydrogens is 136 g/mol. The molecule has 0 amide bonds. The maximum Gasteiger partial charge on any atom is 0.0521 e. The first-order valence-corrected chi connectivity index (χ1v) is 4.74. The molecule has 11 heavy (non-hydrogen) atoms. The lowest BCUT2D eigenvalue weighted by atomic mass is 9.74. The highest BCUT2D eigenvalue weighted by molar-refractivity contribution is 4.82. The van der Waals surface area contributed by atoms with Gasteiger partial charge in [0.1, 0.15) is 0 Å². The molecule has 0 aromatic rings. The van der Waals surface area contributed by atoms with E-state index < -0.39 is 0 Å². The highest BCUT2D eigenvalue weighted by atomic mass is 16.5. The summed E-state index contributed by atoms with van der Waals surface area (Å²) >= 11 is 0. The number of ether oxygens (including phenoxy) is 1. The van der Waals surface area contributed by atoms with Crippen LogP contribution in [-0.4, -0.2) is 13.2 Å². The average Bonchev–Trinajstić information content (AvgIpc) is 1.78. The van der Waals surface area contributed by atoms with E-state index in [1.165, 1.54) is 19.3 Å². The molecule has 0 saturated carbocycles. The van der Waals surface area contributed by atoms with E-state index in [0.29, 0.717) is 5.41 Å². The Bertz CT molecular complexity index is 114. The van der Waals surface area contributed by atoms with Gasteiger partial charge in [-0.3, -0.25) is 0 Å². The van der Waals surface area contributed by atoms with Gasteiger partial charge in [-0.1, -0.05) is 33.6 Å². The Balaban J connectivity index is 2.25. The fraction of sp³-hybridized carbons (Fsp3) is 1.00. The molecule has 1 aliphatic heterocycles. The fourth-order valence-corrected chi connectivity index (χ4v) is 1.52. The normalized spacial score (nSPS) is 19.9. The summed E-state index contributed by atoms with van der Waals surface area (Å²) in [5.41, 5.74) is 0.522. The monoisotopic (exact) mass is 156 g/mol. The zero-order valence-corrected chi connectivity index (χ0v) is 8.02. The summed E-state index contributed by atoms with van der Waals surface area (Å²) in [6.07, 6.45) is 4.04. The zero-order valence-electron chi connectivity index (χ0n) is 8.02. The maximum atomic E-state index is 5.20. The van der Waals surface area contributed by atoms with Crippen molar-refractivity contribution in [2.45, 2.75) is 40.0 Å². The molecule has 0 spiro atoms. The predicted molar refractivity (Wildman–Crippen MR) is 47.6 cm³/mol. The lowest BCUT2D eigenvalue weighted by Crippen LogP contribution is -2.39. The number of rotatable bonds is 4. The Labute approximate surface area is 70.1 Å². The van der Waals surface area contributed by atoms with E-state index in [2.05, 4.69) is 20.8 Å². The minimum Gasteiger partial charge on any atom is -0.381 e. The molecule has 0 aliphatic carbocycles. The molecule has 0 N–H and O–H groups in total. The first kappa shape index (κ1) is 9.05. The highest BCUT2D eigenvalue weighted by Crippen LogP contribution is 2.36. The smallest absolute Gasteiger partial charge is 0.0521 e. The van der Waals surface area contributed by atoms with Gasteiger partial charge in [-0.05, 0) is 11.8 Å². The Hall–Kier alpha value is -0.0400. The molecule has 1 nitrogen and oxygen atoms in total.